The van der Waals surface area contributed by atoms with Crippen LogP contribution in [0.2, 0.25) is 0 Å². The van der Waals surface area contributed by atoms with E-state index in [-0.39, 0.29) is 22.9 Å². The predicted molar refractivity (Wildman–Crippen MR) is 130 cm³/mol. The van der Waals surface area contributed by atoms with Gasteiger partial charge in [-0.15, -0.1) is 11.3 Å². The molecule has 1 atom stereocenters. The second kappa shape index (κ2) is 8.53. The quantitative estimate of drug-likeness (QED) is 0.421. The molecule has 2 aromatic carbocycles. The largest absolute Gasteiger partial charge is 0.367 e. The highest BCUT2D eigenvalue weighted by atomic mass is 32.2. The van der Waals surface area contributed by atoms with Gasteiger partial charge in [0.25, 0.3) is 10.0 Å². The van der Waals surface area contributed by atoms with Gasteiger partial charge in [-0.25, -0.2) is 13.4 Å². The Balaban J connectivity index is 1.17. The average molecular weight is 482 g/mol. The number of hydrogen-bond acceptors (Lipinski definition) is 6. The number of carbonyl (C=O) groups is 1. The topological polar surface area (TPSA) is 96.3 Å². The third-order valence-corrected chi connectivity index (χ3v) is 7.99. The molecular weight excluding hydrogens is 458 g/mol. The Labute approximate surface area is 195 Å². The third-order valence-electron chi connectivity index (χ3n) is 5.82. The Hall–Kier alpha value is -3.37. The van der Waals surface area contributed by atoms with E-state index in [9.17, 15) is 13.2 Å². The van der Waals surface area contributed by atoms with E-state index in [1.54, 1.807) is 35.8 Å². The number of benzene rings is 2. The number of carbonyl (C=O) groups excluding carboxylic acids is 1. The molecule has 33 heavy (non-hydrogen) atoms. The van der Waals surface area contributed by atoms with Crippen LogP contribution in [0.1, 0.15) is 13.0 Å². The molecule has 0 saturated carbocycles. The summed E-state index contributed by atoms with van der Waals surface area (Å²) in [5.41, 5.74) is 1.95. The molecule has 0 spiro atoms. The highest BCUT2D eigenvalue weighted by Gasteiger charge is 2.30. The number of sulfonamides is 1. The normalized spacial score (nSPS) is 15.2. The van der Waals surface area contributed by atoms with Crippen molar-refractivity contribution in [1.29, 1.82) is 0 Å². The lowest BCUT2D eigenvalue weighted by Gasteiger charge is -2.41. The molecule has 0 aliphatic carbocycles. The second-order valence-electron chi connectivity index (χ2n) is 8.00. The van der Waals surface area contributed by atoms with Gasteiger partial charge in [0.2, 0.25) is 5.91 Å². The zero-order chi connectivity index (χ0) is 23.0. The molecule has 3 heterocycles. The van der Waals surface area contributed by atoms with Crippen molar-refractivity contribution >= 4 is 49.0 Å². The maximum Gasteiger partial charge on any atom is 0.263 e. The van der Waals surface area contributed by atoms with Gasteiger partial charge in [0.05, 0.1) is 10.9 Å². The van der Waals surface area contributed by atoms with E-state index in [2.05, 4.69) is 19.9 Å². The summed E-state index contributed by atoms with van der Waals surface area (Å²) in [6.45, 7) is 3.25. The molecule has 1 aliphatic heterocycles. The van der Waals surface area contributed by atoms with E-state index in [1.165, 1.54) is 11.3 Å². The fraction of sp³-hybridized carbons (Fsp3) is 0.217. The van der Waals surface area contributed by atoms with Crippen LogP contribution in [0.25, 0.3) is 10.9 Å². The van der Waals surface area contributed by atoms with Gasteiger partial charge in [0, 0.05) is 42.1 Å². The molecule has 1 amide bonds. The van der Waals surface area contributed by atoms with Crippen molar-refractivity contribution < 1.29 is 13.2 Å². The van der Waals surface area contributed by atoms with E-state index in [0.29, 0.717) is 18.2 Å². The molecule has 4 aromatic rings. The van der Waals surface area contributed by atoms with Crippen molar-refractivity contribution in [2.75, 3.05) is 22.7 Å². The van der Waals surface area contributed by atoms with Gasteiger partial charge in [-0.1, -0.05) is 18.2 Å². The summed E-state index contributed by atoms with van der Waals surface area (Å²) < 4.78 is 29.4. The third kappa shape index (κ3) is 4.31. The number of thiazole rings is 1. The minimum absolute atomic E-state index is 0.0179. The summed E-state index contributed by atoms with van der Waals surface area (Å²) >= 11 is 1.23. The van der Waals surface area contributed by atoms with Crippen LogP contribution in [-0.2, 0) is 14.8 Å². The Kier molecular flexibility index (Phi) is 5.55. The first-order valence-corrected chi connectivity index (χ1v) is 12.9. The molecule has 8 nitrogen and oxygen atoms in total. The summed E-state index contributed by atoms with van der Waals surface area (Å²) in [5, 5.41) is 6.27. The molecule has 0 radical (unpaired) electrons. The fourth-order valence-corrected chi connectivity index (χ4v) is 5.74. The number of nitrogens with zero attached hydrogens (tertiary/aromatic N) is 3. The number of para-hydroxylation sites is 1. The first-order chi connectivity index (χ1) is 15.9. The number of aromatic nitrogens is 2. The smallest absolute Gasteiger partial charge is 0.263 e. The molecular formula is C23H23N5O3S2. The predicted octanol–water partition coefficient (Wildman–Crippen LogP) is 3.46. The molecule has 0 bridgehead atoms. The maximum atomic E-state index is 12.8. The van der Waals surface area contributed by atoms with Gasteiger partial charge in [-0.2, -0.15) is 0 Å². The summed E-state index contributed by atoms with van der Waals surface area (Å²) in [4.78, 5) is 19.0. The molecule has 170 valence electrons. The Bertz CT molecular complexity index is 1380. The van der Waals surface area contributed by atoms with Crippen LogP contribution in [0, 0.1) is 0 Å². The van der Waals surface area contributed by atoms with Gasteiger partial charge >= 0.3 is 0 Å². The summed E-state index contributed by atoms with van der Waals surface area (Å²) in [5.74, 6) is -0.0179. The zero-order valence-electron chi connectivity index (χ0n) is 17.9. The second-order valence-corrected chi connectivity index (χ2v) is 10.6. The van der Waals surface area contributed by atoms with Crippen LogP contribution < -0.4 is 14.9 Å². The lowest BCUT2D eigenvalue weighted by molar-refractivity contribution is -0.124. The molecule has 1 saturated heterocycles. The Morgan fingerprint density at radius 3 is 2.61 bits per heavy atom. The van der Waals surface area contributed by atoms with E-state index in [0.717, 1.165) is 16.6 Å². The van der Waals surface area contributed by atoms with Crippen LogP contribution in [0.5, 0.6) is 0 Å². The molecule has 0 unspecified atom stereocenters. The van der Waals surface area contributed by atoms with Gasteiger partial charge in [-0.3, -0.25) is 9.52 Å². The number of rotatable bonds is 7. The fourth-order valence-electron chi connectivity index (χ4n) is 3.95. The van der Waals surface area contributed by atoms with Crippen molar-refractivity contribution in [3.63, 3.8) is 0 Å². The minimum atomic E-state index is -3.67. The van der Waals surface area contributed by atoms with E-state index < -0.39 is 10.0 Å². The first kappa shape index (κ1) is 21.5. The van der Waals surface area contributed by atoms with Crippen molar-refractivity contribution in [2.24, 2.45) is 0 Å². The molecule has 5 rings (SSSR count). The summed E-state index contributed by atoms with van der Waals surface area (Å²) in [7, 11) is -3.67. The minimum Gasteiger partial charge on any atom is -0.367 e. The number of fused-ring (bicyclic) bond motifs is 1. The van der Waals surface area contributed by atoms with Gasteiger partial charge in [-0.05, 0) is 48.7 Å². The maximum absolute atomic E-state index is 12.8. The number of amides is 1. The highest BCUT2D eigenvalue weighted by Crippen LogP contribution is 2.25. The lowest BCUT2D eigenvalue weighted by atomic mass is 10.1. The molecule has 1 fully saturated rings. The number of hydrogen-bond donors (Lipinski definition) is 2. The molecule has 2 aromatic heterocycles. The van der Waals surface area contributed by atoms with Gasteiger partial charge in [0.1, 0.15) is 6.04 Å². The van der Waals surface area contributed by atoms with Crippen molar-refractivity contribution in [3.05, 3.63) is 72.4 Å². The van der Waals surface area contributed by atoms with Crippen LogP contribution in [0.3, 0.4) is 0 Å². The average Bonchev–Trinajstić information content (AvgIpc) is 3.45. The van der Waals surface area contributed by atoms with Crippen LogP contribution >= 0.6 is 11.3 Å². The zero-order valence-corrected chi connectivity index (χ0v) is 19.5. The standard InChI is InChI=1S/C23H23N5O3S2/c1-16(28-12-10-17-4-2-3-5-21(17)28)22(29)25-18-14-27(15-18)19-6-8-20(9-7-19)33(30,31)26-23-24-11-13-32-23/h2-13,16,18H,14-15H2,1H3,(H,24,26)(H,25,29)/t16-/m0/s1. The summed E-state index contributed by atoms with van der Waals surface area (Å²) in [6, 6.07) is 16.5. The monoisotopic (exact) mass is 481 g/mol. The number of nitrogens with one attached hydrogen (secondary N) is 2. The Morgan fingerprint density at radius 1 is 1.12 bits per heavy atom. The number of anilines is 2. The van der Waals surface area contributed by atoms with E-state index >= 15 is 0 Å². The molecule has 1 aliphatic rings. The highest BCUT2D eigenvalue weighted by molar-refractivity contribution is 7.93. The van der Waals surface area contributed by atoms with E-state index in [1.807, 2.05) is 48.0 Å². The summed E-state index contributed by atoms with van der Waals surface area (Å²) in [6.07, 6.45) is 3.49. The van der Waals surface area contributed by atoms with E-state index in [4.69, 9.17) is 0 Å². The van der Waals surface area contributed by atoms with Crippen molar-refractivity contribution in [2.45, 2.75) is 23.9 Å². The molecule has 2 N–H and O–H groups in total. The first-order valence-electron chi connectivity index (χ1n) is 10.5. The van der Waals surface area contributed by atoms with Crippen LogP contribution in [0.15, 0.2) is 77.3 Å². The van der Waals surface area contributed by atoms with Crippen molar-refractivity contribution in [1.82, 2.24) is 14.9 Å². The van der Waals surface area contributed by atoms with Crippen LogP contribution in [-0.4, -0.2) is 43.0 Å². The van der Waals surface area contributed by atoms with Crippen LogP contribution in [0.4, 0.5) is 10.8 Å². The Morgan fingerprint density at radius 2 is 1.88 bits per heavy atom. The lowest BCUT2D eigenvalue weighted by Crippen LogP contribution is -2.60. The van der Waals surface area contributed by atoms with Crippen molar-refractivity contribution in [3.8, 4) is 0 Å². The molecule has 10 heteroatoms. The van der Waals surface area contributed by atoms with Gasteiger partial charge < -0.3 is 14.8 Å². The SMILES string of the molecule is C[C@@H](C(=O)NC1CN(c2ccc(S(=O)(=O)Nc3nccs3)cc2)C1)n1ccc2ccccc21. The van der Waals surface area contributed by atoms with Gasteiger partial charge in [0.15, 0.2) is 5.13 Å².